The Hall–Kier alpha value is -2.64. The molecule has 0 fully saturated rings. The molecule has 23 heavy (non-hydrogen) atoms. The van der Waals surface area contributed by atoms with Gasteiger partial charge in [-0.2, -0.15) is 10.2 Å². The number of ether oxygens (including phenoxy) is 1. The summed E-state index contributed by atoms with van der Waals surface area (Å²) in [5, 5.41) is 11.1. The van der Waals surface area contributed by atoms with Crippen molar-refractivity contribution in [1.29, 1.82) is 0 Å². The number of esters is 1. The minimum absolute atomic E-state index is 0.186. The predicted octanol–water partition coefficient (Wildman–Crippen LogP) is 1.13. The lowest BCUT2D eigenvalue weighted by molar-refractivity contribution is -0.116. The molecule has 1 N–H and O–H groups in total. The number of carbonyl (C=O) groups excluding carboxylic acids is 2. The zero-order chi connectivity index (χ0) is 17.1. The van der Waals surface area contributed by atoms with Gasteiger partial charge in [-0.15, -0.1) is 0 Å². The number of hydrogen-bond donors (Lipinski definition) is 1. The van der Waals surface area contributed by atoms with Gasteiger partial charge >= 0.3 is 5.97 Å². The molecule has 0 spiro atoms. The van der Waals surface area contributed by atoms with Gasteiger partial charge in [-0.3, -0.25) is 14.2 Å². The van der Waals surface area contributed by atoms with Crippen LogP contribution in [0.2, 0.25) is 0 Å². The molecule has 0 saturated heterocycles. The summed E-state index contributed by atoms with van der Waals surface area (Å²) in [6.07, 6.45) is 2.64. The summed E-state index contributed by atoms with van der Waals surface area (Å²) < 4.78 is 7.91. The molecule has 8 heteroatoms. The topological polar surface area (TPSA) is 91.0 Å². The summed E-state index contributed by atoms with van der Waals surface area (Å²) in [4.78, 5) is 24.0. The van der Waals surface area contributed by atoms with Gasteiger partial charge in [-0.1, -0.05) is 0 Å². The zero-order valence-corrected chi connectivity index (χ0v) is 14.0. The molecule has 2 rings (SSSR count). The lowest BCUT2D eigenvalue weighted by Crippen LogP contribution is -2.17. The Bertz CT molecular complexity index is 745. The summed E-state index contributed by atoms with van der Waals surface area (Å²) in [5.74, 6) is -0.721. The van der Waals surface area contributed by atoms with E-state index >= 15 is 0 Å². The van der Waals surface area contributed by atoms with Crippen molar-refractivity contribution in [2.24, 2.45) is 14.1 Å². The van der Waals surface area contributed by atoms with Crippen molar-refractivity contribution in [2.75, 3.05) is 12.4 Å². The minimum Gasteiger partial charge on any atom is -0.464 e. The van der Waals surface area contributed by atoms with E-state index in [0.29, 0.717) is 24.2 Å². The van der Waals surface area contributed by atoms with E-state index in [1.54, 1.807) is 24.9 Å². The largest absolute Gasteiger partial charge is 0.464 e. The average molecular weight is 319 g/mol. The first-order chi connectivity index (χ1) is 10.8. The second kappa shape index (κ2) is 6.64. The lowest BCUT2D eigenvalue weighted by Gasteiger charge is -2.07. The van der Waals surface area contributed by atoms with Gasteiger partial charge in [0.05, 0.1) is 24.7 Å². The molecule has 0 bridgehead atoms. The highest BCUT2D eigenvalue weighted by molar-refractivity contribution is 6.00. The van der Waals surface area contributed by atoms with Crippen LogP contribution in [0.3, 0.4) is 0 Å². The Morgan fingerprint density at radius 1 is 1.26 bits per heavy atom. The van der Waals surface area contributed by atoms with Crippen LogP contribution < -0.4 is 5.32 Å². The lowest BCUT2D eigenvalue weighted by atomic mass is 10.1. The third kappa shape index (κ3) is 3.41. The maximum absolute atomic E-state index is 12.2. The van der Waals surface area contributed by atoms with E-state index in [4.69, 9.17) is 4.74 Å². The van der Waals surface area contributed by atoms with Crippen LogP contribution in [-0.2, 0) is 30.0 Å². The Morgan fingerprint density at radius 3 is 2.52 bits per heavy atom. The quantitative estimate of drug-likeness (QED) is 0.834. The van der Waals surface area contributed by atoms with Crippen molar-refractivity contribution in [2.45, 2.75) is 26.7 Å². The molecular formula is C15H21N5O3. The molecule has 0 aliphatic rings. The van der Waals surface area contributed by atoms with Crippen molar-refractivity contribution < 1.29 is 14.3 Å². The minimum atomic E-state index is -0.536. The zero-order valence-electron chi connectivity index (χ0n) is 14.0. The van der Waals surface area contributed by atoms with Crippen LogP contribution in [0.1, 0.15) is 33.9 Å². The number of hydrogen-bond acceptors (Lipinski definition) is 5. The predicted molar refractivity (Wildman–Crippen MR) is 84.2 cm³/mol. The highest BCUT2D eigenvalue weighted by atomic mass is 16.5. The van der Waals surface area contributed by atoms with Gasteiger partial charge in [0.2, 0.25) is 5.91 Å². The van der Waals surface area contributed by atoms with Gasteiger partial charge in [-0.05, 0) is 25.8 Å². The first-order valence-corrected chi connectivity index (χ1v) is 7.24. The Labute approximate surface area is 134 Å². The van der Waals surface area contributed by atoms with Crippen LogP contribution in [0.4, 0.5) is 5.69 Å². The molecule has 0 atom stereocenters. The molecule has 0 unspecified atom stereocenters. The third-order valence-electron chi connectivity index (χ3n) is 3.82. The van der Waals surface area contributed by atoms with Gasteiger partial charge < -0.3 is 10.1 Å². The van der Waals surface area contributed by atoms with Gasteiger partial charge in [-0.25, -0.2) is 4.79 Å². The monoisotopic (exact) mass is 319 g/mol. The number of aryl methyl sites for hydroxylation is 4. The average Bonchev–Trinajstić information content (AvgIpc) is 2.97. The van der Waals surface area contributed by atoms with E-state index in [0.717, 1.165) is 11.3 Å². The molecule has 0 radical (unpaired) electrons. The van der Waals surface area contributed by atoms with Crippen molar-refractivity contribution in [3.05, 3.63) is 28.8 Å². The molecule has 124 valence electrons. The Kier molecular flexibility index (Phi) is 4.83. The van der Waals surface area contributed by atoms with Crippen LogP contribution in [0.15, 0.2) is 6.20 Å². The van der Waals surface area contributed by atoms with E-state index in [1.165, 1.54) is 11.8 Å². The number of nitrogens with one attached hydrogen (secondary N) is 1. The van der Waals surface area contributed by atoms with E-state index < -0.39 is 5.97 Å². The van der Waals surface area contributed by atoms with Crippen LogP contribution in [0.25, 0.3) is 0 Å². The molecule has 0 saturated carbocycles. The number of carbonyl (C=O) groups is 2. The highest BCUT2D eigenvalue weighted by Crippen LogP contribution is 2.21. The molecule has 8 nitrogen and oxygen atoms in total. The van der Waals surface area contributed by atoms with E-state index in [-0.39, 0.29) is 11.6 Å². The molecule has 0 aromatic carbocycles. The Morgan fingerprint density at radius 2 is 1.96 bits per heavy atom. The summed E-state index contributed by atoms with van der Waals surface area (Å²) >= 11 is 0. The SMILES string of the molecule is COC(=O)c1c(NC(=O)CCc2cnn(C)c2C)c(C)nn1C. The molecule has 0 aliphatic heterocycles. The van der Waals surface area contributed by atoms with Crippen molar-refractivity contribution in [3.63, 3.8) is 0 Å². The Balaban J connectivity index is 2.09. The number of nitrogens with zero attached hydrogens (tertiary/aromatic N) is 4. The van der Waals surface area contributed by atoms with Crippen LogP contribution >= 0.6 is 0 Å². The second-order valence-electron chi connectivity index (χ2n) is 5.35. The third-order valence-corrected chi connectivity index (χ3v) is 3.82. The highest BCUT2D eigenvalue weighted by Gasteiger charge is 2.22. The normalized spacial score (nSPS) is 10.7. The number of aromatic nitrogens is 4. The molecule has 1 amide bonds. The van der Waals surface area contributed by atoms with Crippen molar-refractivity contribution in [3.8, 4) is 0 Å². The summed E-state index contributed by atoms with van der Waals surface area (Å²) in [5.41, 5.74) is 3.26. The first kappa shape index (κ1) is 16.7. The van der Waals surface area contributed by atoms with Crippen LogP contribution in [0, 0.1) is 13.8 Å². The first-order valence-electron chi connectivity index (χ1n) is 7.24. The van der Waals surface area contributed by atoms with E-state index in [1.807, 2.05) is 14.0 Å². The van der Waals surface area contributed by atoms with E-state index in [2.05, 4.69) is 15.5 Å². The smallest absolute Gasteiger partial charge is 0.358 e. The molecular weight excluding hydrogens is 298 g/mol. The second-order valence-corrected chi connectivity index (χ2v) is 5.35. The molecule has 0 aliphatic carbocycles. The van der Waals surface area contributed by atoms with Gasteiger partial charge in [0.25, 0.3) is 0 Å². The number of amides is 1. The fourth-order valence-electron chi connectivity index (χ4n) is 2.38. The van der Waals surface area contributed by atoms with E-state index in [9.17, 15) is 9.59 Å². The number of anilines is 1. The maximum Gasteiger partial charge on any atom is 0.358 e. The fraction of sp³-hybridized carbons (Fsp3) is 0.467. The van der Waals surface area contributed by atoms with Crippen molar-refractivity contribution in [1.82, 2.24) is 19.6 Å². The van der Waals surface area contributed by atoms with Crippen LogP contribution in [0.5, 0.6) is 0 Å². The summed E-state index contributed by atoms with van der Waals surface area (Å²) in [6, 6.07) is 0. The number of methoxy groups -OCH3 is 1. The maximum atomic E-state index is 12.2. The molecule has 2 aromatic rings. The molecule has 2 heterocycles. The molecule has 2 aromatic heterocycles. The van der Waals surface area contributed by atoms with Crippen LogP contribution in [-0.4, -0.2) is 38.5 Å². The fourth-order valence-corrected chi connectivity index (χ4v) is 2.38. The standard InChI is InChI=1S/C15H21N5O3/c1-9-13(14(15(22)23-5)20(4)18-9)17-12(21)7-6-11-8-16-19(3)10(11)2/h8H,6-7H2,1-5H3,(H,17,21). The van der Waals surface area contributed by atoms with Gasteiger partial charge in [0.1, 0.15) is 0 Å². The summed E-state index contributed by atoms with van der Waals surface area (Å²) in [7, 11) is 4.79. The number of rotatable bonds is 5. The van der Waals surface area contributed by atoms with Crippen molar-refractivity contribution >= 4 is 17.6 Å². The van der Waals surface area contributed by atoms with Gasteiger partial charge in [0.15, 0.2) is 5.69 Å². The van der Waals surface area contributed by atoms with Gasteiger partial charge in [0, 0.05) is 26.2 Å². The summed E-state index contributed by atoms with van der Waals surface area (Å²) in [6.45, 7) is 3.69.